The highest BCUT2D eigenvalue weighted by molar-refractivity contribution is 7.33. The zero-order chi connectivity index (χ0) is 20.5. The van der Waals surface area contributed by atoms with Crippen LogP contribution in [0.3, 0.4) is 0 Å². The van der Waals surface area contributed by atoms with Crippen molar-refractivity contribution in [2.45, 2.75) is 30.7 Å². The van der Waals surface area contributed by atoms with E-state index in [0.717, 1.165) is 19.2 Å². The van der Waals surface area contributed by atoms with Crippen LogP contribution < -0.4 is 15.8 Å². The van der Waals surface area contributed by atoms with E-state index >= 15 is 4.39 Å². The number of ether oxygens (including phenoxy) is 1. The monoisotopic (exact) mass is 415 g/mol. The van der Waals surface area contributed by atoms with Gasteiger partial charge in [0, 0.05) is 16.8 Å². The molecule has 5 atom stereocenters. The summed E-state index contributed by atoms with van der Waals surface area (Å²) in [7, 11) is -2.81. The van der Waals surface area contributed by atoms with Gasteiger partial charge in [0.2, 0.25) is 0 Å². The number of H-pyrrole nitrogens is 1. The molecule has 12 heteroatoms. The Morgan fingerprint density at radius 2 is 2.00 bits per heavy atom. The van der Waals surface area contributed by atoms with Crippen LogP contribution in [0.5, 0.6) is 5.75 Å². The molecule has 3 rings (SSSR count). The summed E-state index contributed by atoms with van der Waals surface area (Å²) in [6.07, 6.45) is -2.86. The van der Waals surface area contributed by atoms with Crippen LogP contribution in [0.2, 0.25) is 0 Å². The van der Waals surface area contributed by atoms with E-state index in [0.29, 0.717) is 4.57 Å². The molecule has 0 radical (unpaired) electrons. The van der Waals surface area contributed by atoms with Gasteiger partial charge in [-0.05, 0) is 19.1 Å². The van der Waals surface area contributed by atoms with Crippen molar-refractivity contribution in [1.29, 1.82) is 0 Å². The lowest BCUT2D eigenvalue weighted by Gasteiger charge is -2.27. The molecule has 3 N–H and O–H groups in total. The van der Waals surface area contributed by atoms with Gasteiger partial charge in [-0.2, -0.15) is 0 Å². The number of hydrogen-bond acceptors (Lipinski definition) is 8. The molecule has 1 aromatic heterocycles. The van der Waals surface area contributed by atoms with Crippen molar-refractivity contribution < 1.29 is 33.0 Å². The van der Waals surface area contributed by atoms with E-state index in [4.69, 9.17) is 13.8 Å². The van der Waals surface area contributed by atoms with E-state index in [9.17, 15) is 24.4 Å². The van der Waals surface area contributed by atoms with Gasteiger partial charge in [0.1, 0.15) is 11.7 Å². The zero-order valence-corrected chi connectivity index (χ0v) is 15.4. The standard InChI is InChI=1S/C16H16FN2O8P/c1-15(23)12(21)16(17,9-25-28(24)27-10-5-3-2-4-6-10)26-13(15)19-8-7-11(20)18-14(19)22/h2-8,12-13,21,23H,9H2,1H3/p+1. The predicted octanol–water partition coefficient (Wildman–Crippen LogP) is 0.596. The molecule has 1 fully saturated rings. The molecule has 10 nitrogen and oxygen atoms in total. The molecular formula is C16H17FN2O8P+. The first-order valence-electron chi connectivity index (χ1n) is 8.05. The average molecular weight is 415 g/mol. The van der Waals surface area contributed by atoms with E-state index in [1.165, 1.54) is 12.1 Å². The Kier molecular flexibility index (Phi) is 5.46. The van der Waals surface area contributed by atoms with Gasteiger partial charge in [-0.1, -0.05) is 18.2 Å². The second-order valence-corrected chi connectivity index (χ2v) is 7.19. The molecule has 2 heterocycles. The maximum atomic E-state index is 15.1. The number of aliphatic hydroxyl groups is 2. The van der Waals surface area contributed by atoms with Crippen LogP contribution >= 0.6 is 8.25 Å². The summed E-state index contributed by atoms with van der Waals surface area (Å²) in [6.45, 7) is -0.0113. The third-order valence-corrected chi connectivity index (χ3v) is 4.86. The van der Waals surface area contributed by atoms with Gasteiger partial charge in [-0.25, -0.2) is 13.7 Å². The fraction of sp³-hybridized carbons (Fsp3) is 0.375. The van der Waals surface area contributed by atoms with E-state index < -0.39 is 49.9 Å². The molecule has 28 heavy (non-hydrogen) atoms. The number of nitrogens with zero attached hydrogens (tertiary/aromatic N) is 1. The van der Waals surface area contributed by atoms with Crippen molar-refractivity contribution in [3.05, 3.63) is 63.4 Å². The van der Waals surface area contributed by atoms with Crippen molar-refractivity contribution in [2.75, 3.05) is 6.61 Å². The van der Waals surface area contributed by atoms with Crippen LogP contribution in [-0.4, -0.2) is 43.9 Å². The fourth-order valence-electron chi connectivity index (χ4n) is 2.74. The van der Waals surface area contributed by atoms with Gasteiger partial charge in [0.25, 0.3) is 11.4 Å². The number of halogens is 1. The van der Waals surface area contributed by atoms with E-state index in [-0.39, 0.29) is 5.75 Å². The number of aliphatic hydroxyl groups excluding tert-OH is 1. The number of hydrogen-bond donors (Lipinski definition) is 3. The van der Waals surface area contributed by atoms with Crippen molar-refractivity contribution in [2.24, 2.45) is 0 Å². The smallest absolute Gasteiger partial charge is 0.384 e. The van der Waals surface area contributed by atoms with Crippen molar-refractivity contribution in [3.63, 3.8) is 0 Å². The Hall–Kier alpha value is -2.43. The maximum Gasteiger partial charge on any atom is 0.750 e. The molecule has 0 saturated carbocycles. The molecule has 150 valence electrons. The largest absolute Gasteiger partial charge is 0.750 e. The number of nitrogens with one attached hydrogen (secondary N) is 1. The number of benzene rings is 1. The molecule has 1 saturated heterocycles. The molecule has 5 unspecified atom stereocenters. The molecule has 1 aromatic carbocycles. The third kappa shape index (κ3) is 3.89. The predicted molar refractivity (Wildman–Crippen MR) is 92.5 cm³/mol. The quantitative estimate of drug-likeness (QED) is 0.583. The van der Waals surface area contributed by atoms with Crippen LogP contribution in [0.25, 0.3) is 0 Å². The number of aromatic nitrogens is 2. The van der Waals surface area contributed by atoms with Crippen LogP contribution in [0, 0.1) is 0 Å². The van der Waals surface area contributed by atoms with E-state index in [2.05, 4.69) is 0 Å². The van der Waals surface area contributed by atoms with Gasteiger partial charge in [-0.3, -0.25) is 14.3 Å². The number of aromatic amines is 1. The van der Waals surface area contributed by atoms with Gasteiger partial charge >= 0.3 is 13.9 Å². The second-order valence-electron chi connectivity index (χ2n) is 6.30. The van der Waals surface area contributed by atoms with Crippen LogP contribution in [0.15, 0.2) is 52.2 Å². The highest BCUT2D eigenvalue weighted by Crippen LogP contribution is 2.45. The Morgan fingerprint density at radius 3 is 2.64 bits per heavy atom. The molecule has 0 aliphatic carbocycles. The molecule has 1 aliphatic heterocycles. The lowest BCUT2D eigenvalue weighted by Crippen LogP contribution is -2.49. The Morgan fingerprint density at radius 1 is 1.32 bits per heavy atom. The second kappa shape index (κ2) is 7.53. The van der Waals surface area contributed by atoms with Crippen molar-refractivity contribution in [1.82, 2.24) is 9.55 Å². The Bertz CT molecular complexity index is 978. The van der Waals surface area contributed by atoms with Crippen molar-refractivity contribution in [3.8, 4) is 5.75 Å². The van der Waals surface area contributed by atoms with Gasteiger partial charge < -0.3 is 14.9 Å². The summed E-state index contributed by atoms with van der Waals surface area (Å²) in [5.41, 5.74) is -3.95. The number of alkyl halides is 1. The van der Waals surface area contributed by atoms with Gasteiger partial charge in [-0.15, -0.1) is 4.52 Å². The summed E-state index contributed by atoms with van der Waals surface area (Å²) in [5.74, 6) is -2.79. The average Bonchev–Trinajstić information content (AvgIpc) is 2.82. The Labute approximate surface area is 158 Å². The zero-order valence-electron chi connectivity index (χ0n) is 14.5. The molecule has 0 bridgehead atoms. The lowest BCUT2D eigenvalue weighted by atomic mass is 9.95. The molecule has 0 amide bonds. The summed E-state index contributed by atoms with van der Waals surface area (Å²) >= 11 is 0. The third-order valence-electron chi connectivity index (χ3n) is 4.16. The van der Waals surface area contributed by atoms with Crippen LogP contribution in [0.4, 0.5) is 4.39 Å². The summed E-state index contributed by atoms with van der Waals surface area (Å²) in [5, 5.41) is 20.7. The highest BCUT2D eigenvalue weighted by atomic mass is 31.1. The highest BCUT2D eigenvalue weighted by Gasteiger charge is 2.64. The first kappa shape index (κ1) is 20.3. The van der Waals surface area contributed by atoms with Gasteiger partial charge in [0.05, 0.1) is 0 Å². The molecule has 1 aliphatic rings. The molecular weight excluding hydrogens is 398 g/mol. The minimum Gasteiger partial charge on any atom is -0.384 e. The lowest BCUT2D eigenvalue weighted by molar-refractivity contribution is -0.203. The molecule has 0 spiro atoms. The van der Waals surface area contributed by atoms with E-state index in [1.54, 1.807) is 18.2 Å². The summed E-state index contributed by atoms with van der Waals surface area (Å²) in [6, 6.07) is 8.94. The minimum atomic E-state index is -3.01. The SMILES string of the molecule is CC1(O)C(n2ccc(=O)[nH]c2=O)OC(F)(CO[P+](=O)Oc2ccccc2)C1O. The fourth-order valence-corrected chi connectivity index (χ4v) is 3.37. The van der Waals surface area contributed by atoms with Crippen LogP contribution in [0.1, 0.15) is 13.2 Å². The van der Waals surface area contributed by atoms with Crippen molar-refractivity contribution >= 4 is 8.25 Å². The summed E-state index contributed by atoms with van der Waals surface area (Å²) in [4.78, 5) is 25.0. The number of rotatable bonds is 6. The molecule has 2 aromatic rings. The number of para-hydroxylation sites is 1. The normalized spacial score (nSPS) is 30.2. The van der Waals surface area contributed by atoms with Crippen LogP contribution in [-0.2, 0) is 13.8 Å². The maximum absolute atomic E-state index is 15.1. The topological polar surface area (TPSA) is 140 Å². The van der Waals surface area contributed by atoms with Gasteiger partial charge in [0.15, 0.2) is 18.6 Å². The Balaban J connectivity index is 1.75. The minimum absolute atomic E-state index is 0.217. The van der Waals surface area contributed by atoms with E-state index in [1.807, 2.05) is 4.98 Å². The summed E-state index contributed by atoms with van der Waals surface area (Å²) < 4.78 is 42.5. The first-order chi connectivity index (χ1) is 13.1. The first-order valence-corrected chi connectivity index (χ1v) is 9.15.